The minimum Gasteiger partial charge on any atom is -0.264 e. The van der Waals surface area contributed by atoms with Crippen molar-refractivity contribution < 1.29 is 0 Å². The van der Waals surface area contributed by atoms with Crippen molar-refractivity contribution >= 4 is 22.4 Å². The second-order valence-electron chi connectivity index (χ2n) is 9.94. The highest BCUT2D eigenvalue weighted by molar-refractivity contribution is 6.10. The van der Waals surface area contributed by atoms with Gasteiger partial charge in [-0.25, -0.2) is 0 Å². The van der Waals surface area contributed by atoms with Gasteiger partial charge >= 0.3 is 0 Å². The summed E-state index contributed by atoms with van der Waals surface area (Å²) in [4.78, 5) is 8.71. The van der Waals surface area contributed by atoms with E-state index in [4.69, 9.17) is 0 Å². The van der Waals surface area contributed by atoms with E-state index in [-0.39, 0.29) is 5.92 Å². The van der Waals surface area contributed by atoms with Crippen LogP contribution in [0.25, 0.3) is 44.7 Å². The van der Waals surface area contributed by atoms with Crippen molar-refractivity contribution in [2.24, 2.45) is 0 Å². The first-order valence-electron chi connectivity index (χ1n) is 12.6. The van der Waals surface area contributed by atoms with E-state index in [2.05, 4.69) is 90.6 Å². The van der Waals surface area contributed by atoms with Crippen LogP contribution in [-0.4, -0.2) is 9.97 Å². The molecule has 0 amide bonds. The van der Waals surface area contributed by atoms with E-state index in [9.17, 15) is 0 Å². The van der Waals surface area contributed by atoms with Crippen molar-refractivity contribution in [3.8, 4) is 22.3 Å². The number of pyridine rings is 2. The molecule has 2 aliphatic rings. The van der Waals surface area contributed by atoms with Gasteiger partial charge in [-0.1, -0.05) is 66.8 Å². The number of nitrogens with zero attached hydrogens (tertiary/aromatic N) is 2. The molecule has 2 heteroatoms. The van der Waals surface area contributed by atoms with Crippen LogP contribution in [0.2, 0.25) is 0 Å². The van der Waals surface area contributed by atoms with Gasteiger partial charge in [-0.3, -0.25) is 9.97 Å². The Morgan fingerprint density at radius 2 is 1.64 bits per heavy atom. The van der Waals surface area contributed by atoms with Gasteiger partial charge in [0.05, 0.1) is 0 Å². The predicted octanol–water partition coefficient (Wildman–Crippen LogP) is 8.33. The normalized spacial score (nSPS) is 15.7. The van der Waals surface area contributed by atoms with Crippen molar-refractivity contribution in [2.75, 3.05) is 0 Å². The Labute approximate surface area is 211 Å². The van der Waals surface area contributed by atoms with Gasteiger partial charge in [0, 0.05) is 30.7 Å². The molecule has 0 bridgehead atoms. The lowest BCUT2D eigenvalue weighted by Crippen LogP contribution is -2.11. The highest BCUT2D eigenvalue weighted by Gasteiger charge is 2.28. The summed E-state index contributed by atoms with van der Waals surface area (Å²) < 4.78 is 0. The van der Waals surface area contributed by atoms with Crippen molar-refractivity contribution in [3.63, 3.8) is 0 Å². The van der Waals surface area contributed by atoms with Crippen LogP contribution in [0.1, 0.15) is 39.3 Å². The summed E-state index contributed by atoms with van der Waals surface area (Å²) in [6, 6.07) is 22.2. The Hall–Kier alpha value is -4.30. The Balaban J connectivity index is 1.43. The number of hydrogen-bond acceptors (Lipinski definition) is 2. The third-order valence-corrected chi connectivity index (χ3v) is 7.78. The van der Waals surface area contributed by atoms with E-state index in [1.807, 2.05) is 36.9 Å². The zero-order valence-corrected chi connectivity index (χ0v) is 20.5. The van der Waals surface area contributed by atoms with Crippen molar-refractivity contribution in [3.05, 3.63) is 131 Å². The highest BCUT2D eigenvalue weighted by Crippen LogP contribution is 2.48. The first-order chi connectivity index (χ1) is 17.7. The fourth-order valence-electron chi connectivity index (χ4n) is 6.16. The fourth-order valence-corrected chi connectivity index (χ4v) is 6.16. The molecule has 2 aliphatic carbocycles. The van der Waals surface area contributed by atoms with Gasteiger partial charge in [0.2, 0.25) is 0 Å². The molecule has 1 unspecified atom stereocenters. The number of allylic oxidation sites excluding steroid dienone is 3. The SMILES string of the molecule is Cc1cc(-c2cccnc2)ccc1-c1c(C)cc2c3c4c(ccc13)C=CC(c1cccnc1)C4=CC2. The maximum Gasteiger partial charge on any atom is 0.0346 e. The molecule has 0 N–H and O–H groups in total. The molecule has 2 heterocycles. The van der Waals surface area contributed by atoms with Gasteiger partial charge in [0.15, 0.2) is 0 Å². The van der Waals surface area contributed by atoms with Gasteiger partial charge in [-0.15, -0.1) is 0 Å². The lowest BCUT2D eigenvalue weighted by Gasteiger charge is -2.30. The number of rotatable bonds is 3. The Kier molecular flexibility index (Phi) is 4.75. The largest absolute Gasteiger partial charge is 0.264 e. The van der Waals surface area contributed by atoms with Crippen LogP contribution in [0.3, 0.4) is 0 Å². The molecule has 0 aliphatic heterocycles. The molecule has 5 aromatic rings. The van der Waals surface area contributed by atoms with Gasteiger partial charge in [-0.2, -0.15) is 0 Å². The molecule has 7 rings (SSSR count). The monoisotopic (exact) mass is 462 g/mol. The van der Waals surface area contributed by atoms with Crippen LogP contribution < -0.4 is 0 Å². The molecule has 0 saturated carbocycles. The molecule has 36 heavy (non-hydrogen) atoms. The van der Waals surface area contributed by atoms with Gasteiger partial charge in [-0.05, 0) is 104 Å². The maximum atomic E-state index is 4.40. The molecule has 0 fully saturated rings. The summed E-state index contributed by atoms with van der Waals surface area (Å²) in [5.74, 6) is 0.246. The average molecular weight is 463 g/mol. The summed E-state index contributed by atoms with van der Waals surface area (Å²) >= 11 is 0. The molecule has 172 valence electrons. The Bertz CT molecular complexity index is 1710. The van der Waals surface area contributed by atoms with Crippen LogP contribution >= 0.6 is 0 Å². The molecular formula is C34H26N2. The molecule has 0 spiro atoms. The van der Waals surface area contributed by atoms with Crippen molar-refractivity contribution in [1.82, 2.24) is 9.97 Å². The van der Waals surface area contributed by atoms with Crippen LogP contribution in [0.15, 0.2) is 97.6 Å². The van der Waals surface area contributed by atoms with Gasteiger partial charge < -0.3 is 0 Å². The zero-order chi connectivity index (χ0) is 24.2. The van der Waals surface area contributed by atoms with Crippen molar-refractivity contribution in [1.29, 1.82) is 0 Å². The van der Waals surface area contributed by atoms with E-state index in [0.717, 1.165) is 12.0 Å². The Morgan fingerprint density at radius 1 is 0.778 bits per heavy atom. The maximum absolute atomic E-state index is 4.40. The summed E-state index contributed by atoms with van der Waals surface area (Å²) in [6.45, 7) is 4.49. The third kappa shape index (κ3) is 3.18. The smallest absolute Gasteiger partial charge is 0.0346 e. The summed E-state index contributed by atoms with van der Waals surface area (Å²) in [6.07, 6.45) is 15.6. The van der Waals surface area contributed by atoms with Crippen LogP contribution in [0.5, 0.6) is 0 Å². The van der Waals surface area contributed by atoms with Crippen LogP contribution in [0, 0.1) is 13.8 Å². The molecule has 2 aromatic heterocycles. The number of aromatic nitrogens is 2. The van der Waals surface area contributed by atoms with Crippen molar-refractivity contribution in [2.45, 2.75) is 26.2 Å². The second-order valence-corrected chi connectivity index (χ2v) is 9.94. The standard InChI is InChI=1S/C34H26N2/c1-21-17-24(26-5-3-15-35-19-26)9-11-28(21)32-22(2)18-25-10-13-30-29(27-6-4-16-36-20-27)12-7-23-8-14-31(32)34(25)33(23)30/h3-9,11-20,29H,10H2,1-2H3. The summed E-state index contributed by atoms with van der Waals surface area (Å²) in [7, 11) is 0. The minimum atomic E-state index is 0.246. The fraction of sp³-hybridized carbons (Fsp3) is 0.118. The van der Waals surface area contributed by atoms with E-state index in [1.54, 1.807) is 0 Å². The molecule has 2 nitrogen and oxygen atoms in total. The lowest BCUT2D eigenvalue weighted by molar-refractivity contribution is 1.05. The summed E-state index contributed by atoms with van der Waals surface area (Å²) in [5, 5.41) is 2.77. The van der Waals surface area contributed by atoms with E-state index in [0.29, 0.717) is 0 Å². The third-order valence-electron chi connectivity index (χ3n) is 7.78. The van der Waals surface area contributed by atoms with E-state index >= 15 is 0 Å². The second kappa shape index (κ2) is 8.13. The topological polar surface area (TPSA) is 25.8 Å². The minimum absolute atomic E-state index is 0.246. The lowest BCUT2D eigenvalue weighted by atomic mass is 9.73. The predicted molar refractivity (Wildman–Crippen MR) is 150 cm³/mol. The first-order valence-corrected chi connectivity index (χ1v) is 12.6. The first kappa shape index (κ1) is 21.0. The molecular weight excluding hydrogens is 436 g/mol. The molecule has 3 aromatic carbocycles. The molecule has 1 atom stereocenters. The average Bonchev–Trinajstić information content (AvgIpc) is 2.92. The number of aryl methyl sites for hydroxylation is 2. The number of hydrogen-bond donors (Lipinski definition) is 0. The quantitative estimate of drug-likeness (QED) is 0.269. The van der Waals surface area contributed by atoms with E-state index < -0.39 is 0 Å². The Morgan fingerprint density at radius 3 is 2.42 bits per heavy atom. The highest BCUT2D eigenvalue weighted by atomic mass is 14.6. The van der Waals surface area contributed by atoms with Crippen LogP contribution in [0.4, 0.5) is 0 Å². The number of benzene rings is 3. The van der Waals surface area contributed by atoms with E-state index in [1.165, 1.54) is 66.4 Å². The zero-order valence-electron chi connectivity index (χ0n) is 20.5. The molecule has 0 radical (unpaired) electrons. The summed E-state index contributed by atoms with van der Waals surface area (Å²) in [5.41, 5.74) is 14.4. The van der Waals surface area contributed by atoms with Crippen LogP contribution in [-0.2, 0) is 6.42 Å². The molecule has 0 saturated heterocycles. The van der Waals surface area contributed by atoms with Gasteiger partial charge in [0.1, 0.15) is 0 Å². The van der Waals surface area contributed by atoms with Gasteiger partial charge in [0.25, 0.3) is 0 Å².